The van der Waals surface area contributed by atoms with Crippen molar-refractivity contribution in [2.24, 2.45) is 0 Å². The Morgan fingerprint density at radius 1 is 0.920 bits per heavy atom. The van der Waals surface area contributed by atoms with Crippen molar-refractivity contribution in [2.45, 2.75) is 39.3 Å². The van der Waals surface area contributed by atoms with Crippen molar-refractivity contribution in [3.63, 3.8) is 0 Å². The van der Waals surface area contributed by atoms with E-state index in [1.165, 1.54) is 0 Å². The maximum atomic E-state index is 6.35. The lowest BCUT2D eigenvalue weighted by molar-refractivity contribution is 0.314. The summed E-state index contributed by atoms with van der Waals surface area (Å²) >= 11 is 0. The predicted octanol–water partition coefficient (Wildman–Crippen LogP) is -1.34. The molecule has 0 aliphatic carbocycles. The van der Waals surface area contributed by atoms with Crippen LogP contribution in [0.4, 0.5) is 0 Å². The topological polar surface area (TPSA) is 64.6 Å². The second kappa shape index (κ2) is 12.4. The molecule has 0 fully saturated rings. The Morgan fingerprint density at radius 2 is 1.52 bits per heavy atom. The Bertz CT molecular complexity index is 407. The minimum Gasteiger partial charge on any atom is -0.449 e. The molecule has 15 heteroatoms. The molecule has 0 aromatic rings. The molecule has 0 spiro atoms. The van der Waals surface area contributed by atoms with Crippen LogP contribution in [0.5, 0.6) is 0 Å². The van der Waals surface area contributed by atoms with E-state index in [9.17, 15) is 0 Å². The van der Waals surface area contributed by atoms with Crippen molar-refractivity contribution in [2.75, 3.05) is 0 Å². The van der Waals surface area contributed by atoms with Crippen LogP contribution in [0, 0.1) is 0 Å². The van der Waals surface area contributed by atoms with Gasteiger partial charge < -0.3 is 28.8 Å². The van der Waals surface area contributed by atoms with Gasteiger partial charge in [0.2, 0.25) is 0 Å². The first-order chi connectivity index (χ1) is 11.5. The molecule has 25 heavy (non-hydrogen) atoms. The van der Waals surface area contributed by atoms with E-state index in [2.05, 4.69) is 45.9 Å². The third kappa shape index (κ3) is 13.7. The van der Waals surface area contributed by atoms with Crippen molar-refractivity contribution < 1.29 is 28.8 Å². The van der Waals surface area contributed by atoms with Crippen LogP contribution in [-0.2, 0) is 28.8 Å². The van der Waals surface area contributed by atoms with E-state index in [1.807, 2.05) is 6.55 Å². The van der Waals surface area contributed by atoms with E-state index in [-0.39, 0.29) is 0 Å². The summed E-state index contributed by atoms with van der Waals surface area (Å²) in [6, 6.07) is 0. The molecule has 0 bridgehead atoms. The van der Waals surface area contributed by atoms with Gasteiger partial charge >= 0.3 is 26.4 Å². The van der Waals surface area contributed by atoms with Gasteiger partial charge in [-0.1, -0.05) is 11.4 Å². The van der Waals surface area contributed by atoms with Gasteiger partial charge in [-0.25, -0.2) is 0 Å². The van der Waals surface area contributed by atoms with E-state index in [0.717, 1.165) is 10.5 Å². The van der Waals surface area contributed by atoms with Crippen LogP contribution < -0.4 is 0 Å². The maximum Gasteiger partial charge on any atom is 0.343 e. The Hall–Kier alpha value is 0.935. The highest BCUT2D eigenvalue weighted by molar-refractivity contribution is 6.89. The SMILES string of the molecule is C=C[SiH](O[SiH2]O[SiH2]O[SiH2]O[SiH3])O[Si](C)(C=C)O[Si](C)(C)O[Si](C)(C)C. The van der Waals surface area contributed by atoms with Gasteiger partial charge in [-0.15, -0.1) is 13.2 Å². The van der Waals surface area contributed by atoms with Crippen molar-refractivity contribution in [1.82, 2.24) is 0 Å². The second-order valence-electron chi connectivity index (χ2n) is 6.88. The van der Waals surface area contributed by atoms with Crippen LogP contribution in [0.2, 0.25) is 39.3 Å². The van der Waals surface area contributed by atoms with E-state index in [4.69, 9.17) is 28.8 Å². The largest absolute Gasteiger partial charge is 0.449 e. The molecule has 7 nitrogen and oxygen atoms in total. The summed E-state index contributed by atoms with van der Waals surface area (Å²) in [5.41, 5.74) is 3.54. The van der Waals surface area contributed by atoms with Gasteiger partial charge in [0.1, 0.15) is 10.5 Å². The van der Waals surface area contributed by atoms with Gasteiger partial charge in [0.25, 0.3) is 30.0 Å². The summed E-state index contributed by atoms with van der Waals surface area (Å²) < 4.78 is 40.6. The Kier molecular flexibility index (Phi) is 12.9. The van der Waals surface area contributed by atoms with Gasteiger partial charge in [0, 0.05) is 0 Å². The third-order valence-electron chi connectivity index (χ3n) is 2.60. The van der Waals surface area contributed by atoms with Crippen LogP contribution in [0.3, 0.4) is 0 Å². The first-order valence-corrected chi connectivity index (χ1v) is 22.6. The Morgan fingerprint density at radius 3 is 2.00 bits per heavy atom. The minimum atomic E-state index is -2.60. The van der Waals surface area contributed by atoms with Gasteiger partial charge in [-0.3, -0.25) is 0 Å². The molecule has 0 aliphatic rings. The molecule has 0 radical (unpaired) electrons. The summed E-state index contributed by atoms with van der Waals surface area (Å²) in [4.78, 5) is 0. The van der Waals surface area contributed by atoms with Gasteiger partial charge in [-0.05, 0) is 39.3 Å². The van der Waals surface area contributed by atoms with E-state index in [0.29, 0.717) is 0 Å². The fourth-order valence-electron chi connectivity index (χ4n) is 2.07. The van der Waals surface area contributed by atoms with Gasteiger partial charge in [0.05, 0.1) is 0 Å². The summed E-state index contributed by atoms with van der Waals surface area (Å²) in [7, 11) is -10.8. The molecule has 0 amide bonds. The molecule has 0 N–H and O–H groups in total. The Labute approximate surface area is 167 Å². The van der Waals surface area contributed by atoms with E-state index >= 15 is 0 Å². The molecule has 0 aliphatic heterocycles. The molecule has 0 aromatic heterocycles. The zero-order valence-corrected chi connectivity index (χ0v) is 27.0. The highest BCUT2D eigenvalue weighted by Crippen LogP contribution is 2.22. The lowest BCUT2D eigenvalue weighted by Gasteiger charge is -2.38. The van der Waals surface area contributed by atoms with Crippen molar-refractivity contribution in [3.05, 3.63) is 24.6 Å². The smallest absolute Gasteiger partial charge is 0.343 e. The Balaban J connectivity index is 4.57. The molecular weight excluding hydrogens is 457 g/mol. The normalized spacial score (nSPS) is 17.8. The zero-order chi connectivity index (χ0) is 19.6. The fraction of sp³-hybridized carbons (Fsp3) is 0.600. The monoisotopic (exact) mass is 490 g/mol. The lowest BCUT2D eigenvalue weighted by Crippen LogP contribution is -2.55. The highest BCUT2D eigenvalue weighted by atomic mass is 28.5. The maximum absolute atomic E-state index is 6.35. The molecule has 0 aromatic carbocycles. The number of hydrogen-bond donors (Lipinski definition) is 0. The first-order valence-electron chi connectivity index (χ1n) is 8.07. The zero-order valence-electron chi connectivity index (χ0n) is 16.6. The average molecular weight is 491 g/mol. The molecule has 2 unspecified atom stereocenters. The van der Waals surface area contributed by atoms with Crippen LogP contribution >= 0.6 is 0 Å². The van der Waals surface area contributed by atoms with Gasteiger partial charge in [-0.2, -0.15) is 0 Å². The number of rotatable bonds is 15. The summed E-state index contributed by atoms with van der Waals surface area (Å²) in [5.74, 6) is 0. The van der Waals surface area contributed by atoms with Crippen LogP contribution in [-0.4, -0.2) is 75.2 Å². The summed E-state index contributed by atoms with van der Waals surface area (Å²) in [5, 5.41) is 0. The molecule has 0 heterocycles. The predicted molar refractivity (Wildman–Crippen MR) is 123 cm³/mol. The van der Waals surface area contributed by atoms with E-state index < -0.39 is 64.7 Å². The van der Waals surface area contributed by atoms with Crippen LogP contribution in [0.15, 0.2) is 24.6 Å². The summed E-state index contributed by atoms with van der Waals surface area (Å²) in [6.07, 6.45) is 0. The summed E-state index contributed by atoms with van der Waals surface area (Å²) in [6.45, 7) is 20.3. The first kappa shape index (κ1) is 25.9. The van der Waals surface area contributed by atoms with Gasteiger partial charge in [0.15, 0.2) is 8.32 Å². The quantitative estimate of drug-likeness (QED) is 0.208. The second-order valence-corrected chi connectivity index (χ2v) is 27.7. The average Bonchev–Trinajstić information content (AvgIpc) is 2.46. The van der Waals surface area contributed by atoms with Crippen molar-refractivity contribution in [3.8, 4) is 0 Å². The minimum absolute atomic E-state index is 0.728. The molecule has 2 atom stereocenters. The lowest BCUT2D eigenvalue weighted by atomic mass is 11.3. The molecule has 0 rings (SSSR count). The molecule has 0 saturated carbocycles. The van der Waals surface area contributed by atoms with Crippen molar-refractivity contribution in [1.29, 1.82) is 0 Å². The van der Waals surface area contributed by atoms with Crippen molar-refractivity contribution >= 4 is 75.2 Å². The van der Waals surface area contributed by atoms with Crippen LogP contribution in [0.1, 0.15) is 0 Å². The molecule has 148 valence electrons. The third-order valence-corrected chi connectivity index (χ3v) is 20.0. The highest BCUT2D eigenvalue weighted by Gasteiger charge is 2.41. The van der Waals surface area contributed by atoms with Crippen LogP contribution in [0.25, 0.3) is 0 Å². The number of hydrogen-bond acceptors (Lipinski definition) is 7. The molecular formula is C10H34O7Si8. The fourth-order valence-corrected chi connectivity index (χ4v) is 23.4. The standard InChI is InChI=1S/C10H34O7Si8/c1-9-22(14-21-13-20-12-19-11-18)15-25(8,10-2)17-24(6,7)16-23(3,4)5/h9-10,22H,1-2,19-21H2,3-8,18H3. The van der Waals surface area contributed by atoms with E-state index in [1.54, 1.807) is 11.4 Å². The molecule has 0 saturated heterocycles.